The summed E-state index contributed by atoms with van der Waals surface area (Å²) < 4.78 is 8.49. The molecule has 8 nitrogen and oxygen atoms in total. The first-order chi connectivity index (χ1) is 12.5. The lowest BCUT2D eigenvalue weighted by Gasteiger charge is -2.03. The van der Waals surface area contributed by atoms with Gasteiger partial charge in [0, 0.05) is 12.6 Å². The van der Waals surface area contributed by atoms with Crippen LogP contribution >= 0.6 is 11.3 Å². The summed E-state index contributed by atoms with van der Waals surface area (Å²) >= 11 is 1.37. The van der Waals surface area contributed by atoms with E-state index in [1.807, 2.05) is 13.8 Å². The van der Waals surface area contributed by atoms with Crippen molar-refractivity contribution in [2.24, 2.45) is 0 Å². The monoisotopic (exact) mass is 373 g/mol. The molecule has 0 bridgehead atoms. The number of aromatic nitrogens is 4. The highest BCUT2D eigenvalue weighted by atomic mass is 32.1. The van der Waals surface area contributed by atoms with Gasteiger partial charge in [0.2, 0.25) is 5.82 Å². The molecule has 1 aliphatic carbocycles. The van der Waals surface area contributed by atoms with Crippen molar-refractivity contribution in [2.75, 3.05) is 6.54 Å². The van der Waals surface area contributed by atoms with Crippen LogP contribution in [0.4, 0.5) is 0 Å². The summed E-state index contributed by atoms with van der Waals surface area (Å²) in [6.45, 7) is 4.30. The van der Waals surface area contributed by atoms with Crippen LogP contribution in [0.15, 0.2) is 27.6 Å². The Balaban J connectivity index is 1.49. The third-order valence-corrected chi connectivity index (χ3v) is 5.31. The highest BCUT2D eigenvalue weighted by molar-refractivity contribution is 7.13. The van der Waals surface area contributed by atoms with Crippen LogP contribution in [-0.4, -0.2) is 31.8 Å². The average Bonchev–Trinajstić information content (AvgIpc) is 3.03. The maximum absolute atomic E-state index is 12.7. The Morgan fingerprint density at radius 3 is 2.85 bits per heavy atom. The van der Waals surface area contributed by atoms with E-state index in [9.17, 15) is 9.59 Å². The van der Waals surface area contributed by atoms with Crippen molar-refractivity contribution in [1.29, 1.82) is 0 Å². The number of rotatable bonds is 6. The highest BCUT2D eigenvalue weighted by Gasteiger charge is 2.31. The van der Waals surface area contributed by atoms with Gasteiger partial charge in [-0.25, -0.2) is 14.5 Å². The number of nitrogens with zero attached hydrogens (tertiary/aromatic N) is 4. The lowest BCUT2D eigenvalue weighted by molar-refractivity contribution is 0.0955. The Morgan fingerprint density at radius 1 is 1.42 bits per heavy atom. The SMILES string of the molecule is Cc1nc(C)c(C(=O)NCCn2nc(-c3ccco3)n(C3CC3)c2=O)s1. The Kier molecular flexibility index (Phi) is 4.23. The number of aryl methyl sites for hydroxylation is 2. The Hall–Kier alpha value is -2.68. The fourth-order valence-corrected chi connectivity index (χ4v) is 3.74. The van der Waals surface area contributed by atoms with E-state index in [0.29, 0.717) is 29.6 Å². The number of nitrogens with one attached hydrogen (secondary N) is 1. The fourth-order valence-electron chi connectivity index (χ4n) is 2.90. The van der Waals surface area contributed by atoms with Crippen molar-refractivity contribution in [3.8, 4) is 11.6 Å². The largest absolute Gasteiger partial charge is 0.461 e. The topological polar surface area (TPSA) is 94.9 Å². The van der Waals surface area contributed by atoms with Gasteiger partial charge in [0.25, 0.3) is 5.91 Å². The molecule has 0 radical (unpaired) electrons. The molecule has 0 unspecified atom stereocenters. The normalized spacial score (nSPS) is 13.9. The van der Waals surface area contributed by atoms with Crippen molar-refractivity contribution in [1.82, 2.24) is 24.6 Å². The van der Waals surface area contributed by atoms with Gasteiger partial charge in [-0.2, -0.15) is 0 Å². The van der Waals surface area contributed by atoms with Gasteiger partial charge >= 0.3 is 5.69 Å². The first kappa shape index (κ1) is 16.8. The zero-order chi connectivity index (χ0) is 18.3. The van der Waals surface area contributed by atoms with Crippen molar-refractivity contribution in [3.05, 3.63) is 44.5 Å². The Morgan fingerprint density at radius 2 is 2.23 bits per heavy atom. The second kappa shape index (κ2) is 6.56. The smallest absolute Gasteiger partial charge is 0.346 e. The third kappa shape index (κ3) is 3.10. The molecule has 3 aromatic rings. The van der Waals surface area contributed by atoms with Crippen LogP contribution in [0, 0.1) is 13.8 Å². The number of carbonyl (C=O) groups excluding carboxylic acids is 1. The molecule has 0 aliphatic heterocycles. The van der Waals surface area contributed by atoms with E-state index in [1.165, 1.54) is 16.0 Å². The van der Waals surface area contributed by atoms with Crippen molar-refractivity contribution >= 4 is 17.2 Å². The lowest BCUT2D eigenvalue weighted by Crippen LogP contribution is -2.32. The van der Waals surface area contributed by atoms with Gasteiger partial charge in [0.15, 0.2) is 5.76 Å². The number of hydrogen-bond acceptors (Lipinski definition) is 6. The van der Waals surface area contributed by atoms with Crippen molar-refractivity contribution < 1.29 is 9.21 Å². The van der Waals surface area contributed by atoms with Crippen LogP contribution in [-0.2, 0) is 6.54 Å². The molecule has 1 N–H and O–H groups in total. The highest BCUT2D eigenvalue weighted by Crippen LogP contribution is 2.36. The molecule has 0 spiro atoms. The molecule has 26 heavy (non-hydrogen) atoms. The quantitative estimate of drug-likeness (QED) is 0.714. The van der Waals surface area contributed by atoms with Crippen LogP contribution < -0.4 is 11.0 Å². The number of carbonyl (C=O) groups is 1. The number of thiazole rings is 1. The van der Waals surface area contributed by atoms with E-state index < -0.39 is 0 Å². The summed E-state index contributed by atoms with van der Waals surface area (Å²) in [6.07, 6.45) is 3.51. The van der Waals surface area contributed by atoms with Gasteiger partial charge < -0.3 is 9.73 Å². The van der Waals surface area contributed by atoms with Crippen LogP contribution in [0.5, 0.6) is 0 Å². The maximum Gasteiger partial charge on any atom is 0.346 e. The molecule has 9 heteroatoms. The maximum atomic E-state index is 12.7. The molecule has 0 saturated heterocycles. The van der Waals surface area contributed by atoms with Gasteiger partial charge in [-0.1, -0.05) is 0 Å². The second-order valence-electron chi connectivity index (χ2n) is 6.31. The Bertz CT molecular complexity index is 994. The summed E-state index contributed by atoms with van der Waals surface area (Å²) in [7, 11) is 0. The zero-order valence-electron chi connectivity index (χ0n) is 14.6. The standard InChI is InChI=1S/C17H19N5O3S/c1-10-14(26-11(2)19-10)16(23)18-7-8-21-17(24)22(12-5-6-12)15(20-21)13-4-3-9-25-13/h3-4,9,12H,5-8H2,1-2H3,(H,18,23). The van der Waals surface area contributed by atoms with Crippen LogP contribution in [0.1, 0.15) is 39.3 Å². The first-order valence-corrected chi connectivity index (χ1v) is 9.31. The molecule has 3 heterocycles. The van der Waals surface area contributed by atoms with Gasteiger partial charge in [-0.15, -0.1) is 16.4 Å². The van der Waals surface area contributed by atoms with Gasteiger partial charge in [0.1, 0.15) is 4.88 Å². The van der Waals surface area contributed by atoms with Crippen LogP contribution in [0.25, 0.3) is 11.6 Å². The fraction of sp³-hybridized carbons (Fsp3) is 0.412. The van der Waals surface area contributed by atoms with Crippen LogP contribution in [0.3, 0.4) is 0 Å². The number of amides is 1. The molecule has 0 atom stereocenters. The summed E-state index contributed by atoms with van der Waals surface area (Å²) in [5, 5.41) is 8.11. The molecule has 136 valence electrons. The molecule has 0 aromatic carbocycles. The molecule has 1 saturated carbocycles. The molecule has 1 fully saturated rings. The van der Waals surface area contributed by atoms with E-state index in [0.717, 1.165) is 23.5 Å². The predicted octanol–water partition coefficient (Wildman–Crippen LogP) is 2.14. The van der Waals surface area contributed by atoms with E-state index in [1.54, 1.807) is 23.0 Å². The van der Waals surface area contributed by atoms with E-state index >= 15 is 0 Å². The van der Waals surface area contributed by atoms with Gasteiger partial charge in [-0.05, 0) is 38.8 Å². The van der Waals surface area contributed by atoms with E-state index in [4.69, 9.17) is 4.42 Å². The minimum absolute atomic E-state index is 0.169. The van der Waals surface area contributed by atoms with Crippen molar-refractivity contribution in [3.63, 3.8) is 0 Å². The number of hydrogen-bond donors (Lipinski definition) is 1. The molecule has 1 amide bonds. The average molecular weight is 373 g/mol. The van der Waals surface area contributed by atoms with E-state index in [2.05, 4.69) is 15.4 Å². The lowest BCUT2D eigenvalue weighted by atomic mass is 10.4. The summed E-state index contributed by atoms with van der Waals surface area (Å²) in [4.78, 5) is 29.8. The minimum Gasteiger partial charge on any atom is -0.461 e. The first-order valence-electron chi connectivity index (χ1n) is 8.50. The molecule has 4 rings (SSSR count). The summed E-state index contributed by atoms with van der Waals surface area (Å²) in [5.41, 5.74) is 0.554. The summed E-state index contributed by atoms with van der Waals surface area (Å²) in [6, 6.07) is 3.76. The summed E-state index contributed by atoms with van der Waals surface area (Å²) in [5.74, 6) is 0.948. The van der Waals surface area contributed by atoms with Gasteiger partial charge in [-0.3, -0.25) is 9.36 Å². The van der Waals surface area contributed by atoms with Gasteiger partial charge in [0.05, 0.1) is 23.5 Å². The number of furan rings is 1. The predicted molar refractivity (Wildman–Crippen MR) is 96.4 cm³/mol. The minimum atomic E-state index is -0.172. The molecule has 3 aromatic heterocycles. The third-order valence-electron chi connectivity index (χ3n) is 4.24. The van der Waals surface area contributed by atoms with Crippen LogP contribution in [0.2, 0.25) is 0 Å². The Labute approximate surface area is 153 Å². The zero-order valence-corrected chi connectivity index (χ0v) is 15.4. The second-order valence-corrected chi connectivity index (χ2v) is 7.51. The van der Waals surface area contributed by atoms with Crippen molar-refractivity contribution in [2.45, 2.75) is 39.3 Å². The van der Waals surface area contributed by atoms with E-state index in [-0.39, 0.29) is 17.6 Å². The molecular weight excluding hydrogens is 354 g/mol. The molecule has 1 aliphatic rings. The molecular formula is C17H19N5O3S.